The highest BCUT2D eigenvalue weighted by Crippen LogP contribution is 2.32. The molecule has 1 heterocycles. The second-order valence-electron chi connectivity index (χ2n) is 3.63. The van der Waals surface area contributed by atoms with E-state index in [1.54, 1.807) is 6.20 Å². The lowest BCUT2D eigenvalue weighted by molar-refractivity contribution is -0.137. The third kappa shape index (κ3) is 3.96. The third-order valence-electron chi connectivity index (χ3n) is 2.27. The molecule has 0 fully saturated rings. The van der Waals surface area contributed by atoms with Crippen molar-refractivity contribution in [2.24, 2.45) is 0 Å². The Kier molecular flexibility index (Phi) is 4.57. The number of benzene rings is 1. The summed E-state index contributed by atoms with van der Waals surface area (Å²) in [5.41, 5.74) is 0.00130. The average molecular weight is 419 g/mol. The van der Waals surface area contributed by atoms with Gasteiger partial charge in [0.1, 0.15) is 0 Å². The van der Waals surface area contributed by atoms with Gasteiger partial charge >= 0.3 is 6.18 Å². The number of halogens is 5. The van der Waals surface area contributed by atoms with Crippen LogP contribution < -0.4 is 5.32 Å². The maximum atomic E-state index is 12.5. The van der Waals surface area contributed by atoms with E-state index in [1.807, 2.05) is 22.6 Å². The largest absolute Gasteiger partial charge is 0.416 e. The zero-order valence-electron chi connectivity index (χ0n) is 9.26. The predicted octanol–water partition coefficient (Wildman–Crippen LogP) is 5.03. The number of nitrogens with one attached hydrogen (secondary N) is 1. The molecule has 0 amide bonds. The van der Waals surface area contributed by atoms with E-state index in [0.29, 0.717) is 20.3 Å². The fraction of sp³-hybridized carbons (Fsp3) is 0.182. The van der Waals surface area contributed by atoms with Crippen molar-refractivity contribution in [2.45, 2.75) is 12.7 Å². The number of anilines is 1. The van der Waals surface area contributed by atoms with Crippen LogP contribution in [0.3, 0.4) is 0 Å². The van der Waals surface area contributed by atoms with Crippen molar-refractivity contribution >= 4 is 51.2 Å². The van der Waals surface area contributed by atoms with Gasteiger partial charge in [-0.1, -0.05) is 11.6 Å². The number of hydrogen-bond donors (Lipinski definition) is 1. The lowest BCUT2D eigenvalue weighted by Gasteiger charge is -2.11. The van der Waals surface area contributed by atoms with Crippen molar-refractivity contribution in [1.29, 1.82) is 0 Å². The average Bonchev–Trinajstić information content (AvgIpc) is 2.72. The van der Waals surface area contributed by atoms with E-state index in [2.05, 4.69) is 10.3 Å². The van der Waals surface area contributed by atoms with Crippen molar-refractivity contribution in [1.82, 2.24) is 4.98 Å². The number of rotatable bonds is 3. The molecule has 0 unspecified atom stereocenters. The molecule has 8 heteroatoms. The molecule has 0 saturated heterocycles. The number of aromatic nitrogens is 1. The maximum Gasteiger partial charge on any atom is 0.416 e. The molecule has 0 bridgehead atoms. The van der Waals surface area contributed by atoms with Crippen LogP contribution in [0.1, 0.15) is 10.4 Å². The molecule has 2 nitrogen and oxygen atoms in total. The lowest BCUT2D eigenvalue weighted by Crippen LogP contribution is -2.06. The summed E-state index contributed by atoms with van der Waals surface area (Å²) in [6.07, 6.45) is -2.68. The minimum absolute atomic E-state index is 0.443. The monoisotopic (exact) mass is 418 g/mol. The first-order valence-electron chi connectivity index (χ1n) is 5.07. The summed E-state index contributed by atoms with van der Waals surface area (Å²) in [6.45, 7) is 0.478. The lowest BCUT2D eigenvalue weighted by atomic mass is 10.2. The van der Waals surface area contributed by atoms with Gasteiger partial charge in [-0.15, -0.1) is 11.3 Å². The third-order valence-corrected chi connectivity index (χ3v) is 4.28. The minimum atomic E-state index is -4.32. The minimum Gasteiger partial charge on any atom is -0.379 e. The van der Waals surface area contributed by atoms with Crippen molar-refractivity contribution < 1.29 is 13.2 Å². The highest BCUT2D eigenvalue weighted by Gasteiger charge is 2.30. The van der Waals surface area contributed by atoms with E-state index in [0.717, 1.165) is 17.0 Å². The molecule has 0 saturated carbocycles. The summed E-state index contributed by atoms with van der Waals surface area (Å²) in [4.78, 5) is 4.81. The van der Waals surface area contributed by atoms with Gasteiger partial charge in [-0.2, -0.15) is 13.2 Å². The van der Waals surface area contributed by atoms with Crippen LogP contribution in [0.5, 0.6) is 0 Å². The van der Waals surface area contributed by atoms with Gasteiger partial charge in [-0.25, -0.2) is 4.98 Å². The van der Waals surface area contributed by atoms with Crippen LogP contribution in [0.25, 0.3) is 0 Å². The van der Waals surface area contributed by atoms with Crippen LogP contribution in [0.2, 0.25) is 4.47 Å². The highest BCUT2D eigenvalue weighted by molar-refractivity contribution is 14.1. The summed E-state index contributed by atoms with van der Waals surface area (Å²) in [7, 11) is 0. The first kappa shape index (κ1) is 14.9. The first-order valence-corrected chi connectivity index (χ1v) is 7.34. The van der Waals surface area contributed by atoms with Crippen LogP contribution >= 0.6 is 45.5 Å². The molecule has 102 valence electrons. The second kappa shape index (κ2) is 5.84. The summed E-state index contributed by atoms with van der Waals surface area (Å²) in [6, 6.07) is 3.60. The van der Waals surface area contributed by atoms with Gasteiger partial charge in [0.2, 0.25) is 0 Å². The van der Waals surface area contributed by atoms with Crippen LogP contribution in [-0.4, -0.2) is 4.98 Å². The number of nitrogens with zero attached hydrogens (tertiary/aromatic N) is 1. The Hall–Kier alpha value is -0.540. The molecule has 1 aromatic heterocycles. The van der Waals surface area contributed by atoms with Crippen molar-refractivity contribution in [3.8, 4) is 0 Å². The zero-order chi connectivity index (χ0) is 14.0. The summed E-state index contributed by atoms with van der Waals surface area (Å²) in [5.74, 6) is 0. The van der Waals surface area contributed by atoms with Gasteiger partial charge < -0.3 is 5.32 Å². The topological polar surface area (TPSA) is 24.9 Å². The van der Waals surface area contributed by atoms with Crippen molar-refractivity contribution in [3.63, 3.8) is 0 Å². The van der Waals surface area contributed by atoms with Gasteiger partial charge in [-0.05, 0) is 40.8 Å². The van der Waals surface area contributed by atoms with Crippen molar-refractivity contribution in [3.05, 3.63) is 42.9 Å². The van der Waals surface area contributed by atoms with Gasteiger partial charge in [0.25, 0.3) is 0 Å². The molecule has 2 rings (SSSR count). The van der Waals surface area contributed by atoms with Crippen molar-refractivity contribution in [2.75, 3.05) is 5.32 Å². The standard InChI is InChI=1S/C11H7ClF3IN2S/c12-10-18-5-7(19-10)4-17-9-2-1-6(3-8(9)16)11(13,14)15/h1-3,5,17H,4H2. The molecule has 0 aliphatic heterocycles. The van der Waals surface area contributed by atoms with E-state index in [-0.39, 0.29) is 0 Å². The molecule has 2 aromatic rings. The molecule has 0 radical (unpaired) electrons. The molecule has 1 aromatic carbocycles. The Morgan fingerprint density at radius 2 is 2.11 bits per heavy atom. The molecule has 19 heavy (non-hydrogen) atoms. The van der Waals surface area contributed by atoms with Crippen LogP contribution in [-0.2, 0) is 12.7 Å². The second-order valence-corrected chi connectivity index (χ2v) is 6.48. The van der Waals surface area contributed by atoms with E-state index in [1.165, 1.54) is 17.4 Å². The zero-order valence-corrected chi connectivity index (χ0v) is 13.0. The van der Waals surface area contributed by atoms with E-state index in [9.17, 15) is 13.2 Å². The van der Waals surface area contributed by atoms with E-state index in [4.69, 9.17) is 11.6 Å². The van der Waals surface area contributed by atoms with Crippen LogP contribution in [0.15, 0.2) is 24.4 Å². The number of hydrogen-bond acceptors (Lipinski definition) is 3. The predicted molar refractivity (Wildman–Crippen MR) is 78.6 cm³/mol. The van der Waals surface area contributed by atoms with E-state index < -0.39 is 11.7 Å². The van der Waals surface area contributed by atoms with Gasteiger partial charge in [0.15, 0.2) is 4.47 Å². The molecule has 0 aliphatic carbocycles. The smallest absolute Gasteiger partial charge is 0.379 e. The Balaban J connectivity index is 2.09. The van der Waals surface area contributed by atoms with Crippen LogP contribution in [0.4, 0.5) is 18.9 Å². The molecule has 0 atom stereocenters. The summed E-state index contributed by atoms with van der Waals surface area (Å²) in [5, 5.41) is 3.06. The fourth-order valence-corrected chi connectivity index (χ4v) is 3.01. The molecule has 1 N–H and O–H groups in total. The SMILES string of the molecule is FC(F)(F)c1ccc(NCc2cnc(Cl)s2)c(I)c1. The van der Waals surface area contributed by atoms with Gasteiger partial charge in [0.05, 0.1) is 12.1 Å². The molecular weight excluding hydrogens is 412 g/mol. The normalized spacial score (nSPS) is 11.6. The quantitative estimate of drug-likeness (QED) is 0.707. The Bertz CT molecular complexity index is 586. The van der Waals surface area contributed by atoms with E-state index >= 15 is 0 Å². The Morgan fingerprint density at radius 1 is 1.37 bits per heavy atom. The van der Waals surface area contributed by atoms with Gasteiger partial charge in [-0.3, -0.25) is 0 Å². The molecule has 0 aliphatic rings. The fourth-order valence-electron chi connectivity index (χ4n) is 1.38. The molecule has 0 spiro atoms. The summed E-state index contributed by atoms with van der Waals surface area (Å²) >= 11 is 8.90. The number of alkyl halides is 3. The number of thiazole rings is 1. The Labute approximate surface area is 130 Å². The summed E-state index contributed by atoms with van der Waals surface area (Å²) < 4.78 is 38.5. The van der Waals surface area contributed by atoms with Gasteiger partial charge in [0, 0.05) is 20.3 Å². The first-order chi connectivity index (χ1) is 8.86. The highest BCUT2D eigenvalue weighted by atomic mass is 127. The Morgan fingerprint density at radius 3 is 2.63 bits per heavy atom. The maximum absolute atomic E-state index is 12.5. The van der Waals surface area contributed by atoms with Crippen LogP contribution in [0, 0.1) is 3.57 Å². The molecular formula is C11H7ClF3IN2S.